The monoisotopic (exact) mass is 438 g/mol. The van der Waals surface area contributed by atoms with E-state index in [1.165, 1.54) is 25.2 Å². The molecule has 0 aliphatic rings. The number of hydrazine groups is 1. The Bertz CT molecular complexity index is 993. The minimum Gasteiger partial charge on any atom is -0.355 e. The molecule has 0 aromatic heterocycles. The van der Waals surface area contributed by atoms with E-state index in [1.54, 1.807) is 20.8 Å². The molecule has 0 saturated carbocycles. The number of urea groups is 1. The Labute approximate surface area is 177 Å². The van der Waals surface area contributed by atoms with Crippen LogP contribution in [-0.2, 0) is 0 Å². The van der Waals surface area contributed by atoms with Crippen molar-refractivity contribution in [1.29, 1.82) is 0 Å². The van der Waals surface area contributed by atoms with Crippen LogP contribution in [-0.4, -0.2) is 35.4 Å². The number of anilines is 1. The van der Waals surface area contributed by atoms with Gasteiger partial charge in [-0.25, -0.2) is 24.0 Å². The number of amides is 4. The van der Waals surface area contributed by atoms with Crippen LogP contribution in [0, 0.1) is 11.6 Å². The van der Waals surface area contributed by atoms with Gasteiger partial charge in [0.25, 0.3) is 11.8 Å². The Balaban J connectivity index is 2.31. The minimum absolute atomic E-state index is 0.0493. The van der Waals surface area contributed by atoms with Crippen molar-refractivity contribution in [1.82, 2.24) is 15.8 Å². The van der Waals surface area contributed by atoms with Gasteiger partial charge in [-0.05, 0) is 51.1 Å². The van der Waals surface area contributed by atoms with Crippen molar-refractivity contribution in [2.24, 2.45) is 0 Å². The molecule has 0 atom stereocenters. The van der Waals surface area contributed by atoms with Gasteiger partial charge in [0.05, 0.1) is 11.2 Å². The maximum absolute atomic E-state index is 13.8. The number of nitrogens with one attached hydrogen (secondary N) is 3. The third-order valence-electron chi connectivity index (χ3n) is 3.90. The molecule has 0 bridgehead atoms. The normalized spacial score (nSPS) is 10.9. The molecule has 2 rings (SSSR count). The van der Waals surface area contributed by atoms with Crippen LogP contribution in [0.5, 0.6) is 0 Å². The van der Waals surface area contributed by atoms with E-state index in [4.69, 9.17) is 11.6 Å². The van der Waals surface area contributed by atoms with Gasteiger partial charge in [0.2, 0.25) is 0 Å². The van der Waals surface area contributed by atoms with Crippen molar-refractivity contribution in [3.05, 3.63) is 64.2 Å². The topological polar surface area (TPSA) is 90.5 Å². The summed E-state index contributed by atoms with van der Waals surface area (Å²) >= 11 is 6.03. The Morgan fingerprint density at radius 3 is 2.23 bits per heavy atom. The van der Waals surface area contributed by atoms with Crippen molar-refractivity contribution in [3.63, 3.8) is 0 Å². The molecule has 0 radical (unpaired) electrons. The van der Waals surface area contributed by atoms with E-state index in [0.29, 0.717) is 0 Å². The largest absolute Gasteiger partial charge is 0.355 e. The molecule has 0 aliphatic carbocycles. The smallest absolute Gasteiger partial charge is 0.338 e. The molecule has 0 saturated heterocycles. The van der Waals surface area contributed by atoms with E-state index in [9.17, 15) is 23.2 Å². The summed E-state index contributed by atoms with van der Waals surface area (Å²) in [5.41, 5.74) is 1.24. The number of hydrogen-bond acceptors (Lipinski definition) is 3. The number of rotatable bonds is 3. The highest BCUT2D eigenvalue weighted by Gasteiger charge is 2.30. The summed E-state index contributed by atoms with van der Waals surface area (Å²) in [4.78, 5) is 37.3. The first kappa shape index (κ1) is 23.1. The van der Waals surface area contributed by atoms with Gasteiger partial charge in [0.1, 0.15) is 11.6 Å². The zero-order valence-electron chi connectivity index (χ0n) is 16.8. The second-order valence-electron chi connectivity index (χ2n) is 7.31. The van der Waals surface area contributed by atoms with Crippen molar-refractivity contribution < 1.29 is 23.2 Å². The fraction of sp³-hybridized carbons (Fsp3) is 0.250. The molecular weight excluding hydrogens is 418 g/mol. The van der Waals surface area contributed by atoms with Gasteiger partial charge in [-0.3, -0.25) is 9.59 Å². The van der Waals surface area contributed by atoms with Crippen LogP contribution in [0.25, 0.3) is 0 Å². The first-order valence-corrected chi connectivity index (χ1v) is 9.20. The van der Waals surface area contributed by atoms with Crippen LogP contribution in [0.1, 0.15) is 41.5 Å². The zero-order chi connectivity index (χ0) is 22.6. The predicted molar refractivity (Wildman–Crippen MR) is 109 cm³/mol. The second-order valence-corrected chi connectivity index (χ2v) is 7.75. The lowest BCUT2D eigenvalue weighted by molar-refractivity contribution is 0.0460. The number of nitrogens with zero attached hydrogens (tertiary/aromatic N) is 1. The van der Waals surface area contributed by atoms with Crippen molar-refractivity contribution in [2.45, 2.75) is 26.3 Å². The lowest BCUT2D eigenvalue weighted by Crippen LogP contribution is -2.56. The van der Waals surface area contributed by atoms with Gasteiger partial charge in [-0.1, -0.05) is 11.6 Å². The average molecular weight is 439 g/mol. The van der Waals surface area contributed by atoms with Crippen LogP contribution in [0.3, 0.4) is 0 Å². The van der Waals surface area contributed by atoms with Gasteiger partial charge >= 0.3 is 6.03 Å². The number of halogens is 3. The van der Waals surface area contributed by atoms with Crippen LogP contribution < -0.4 is 16.1 Å². The van der Waals surface area contributed by atoms with E-state index in [2.05, 4.69) is 16.1 Å². The molecule has 3 N–H and O–H groups in total. The summed E-state index contributed by atoms with van der Waals surface area (Å²) in [5, 5.41) is 5.75. The van der Waals surface area contributed by atoms with Crippen molar-refractivity contribution >= 4 is 35.1 Å². The molecule has 0 aliphatic heterocycles. The molecule has 0 heterocycles. The predicted octanol–water partition coefficient (Wildman–Crippen LogP) is 3.96. The highest BCUT2D eigenvalue weighted by atomic mass is 35.5. The first-order chi connectivity index (χ1) is 13.9. The maximum Gasteiger partial charge on any atom is 0.338 e. The molecule has 2 aromatic carbocycles. The number of hydrogen-bond donors (Lipinski definition) is 3. The summed E-state index contributed by atoms with van der Waals surface area (Å²) < 4.78 is 27.1. The standard InChI is InChI=1S/C20H21ClF2N4O3/c1-20(2,3)27(26-19(30)25-16-10-14(22)5-6-15(16)23)18(29)12-7-11(17(28)24-4)8-13(21)9-12/h5-10H,1-4H3,(H,24,28)(H2,25,26,30). The molecule has 0 spiro atoms. The summed E-state index contributed by atoms with van der Waals surface area (Å²) in [5.74, 6) is -2.69. The van der Waals surface area contributed by atoms with Gasteiger partial charge < -0.3 is 10.6 Å². The third kappa shape index (κ3) is 5.66. The SMILES string of the molecule is CNC(=O)c1cc(Cl)cc(C(=O)N(NC(=O)Nc2cc(F)ccc2F)C(C)(C)C)c1. The lowest BCUT2D eigenvalue weighted by atomic mass is 10.0. The Hall–Kier alpha value is -3.20. The number of carbonyl (C=O) groups excluding carboxylic acids is 3. The molecular formula is C20H21ClF2N4O3. The molecule has 10 heteroatoms. The van der Waals surface area contributed by atoms with Crippen LogP contribution in [0.4, 0.5) is 19.3 Å². The summed E-state index contributed by atoms with van der Waals surface area (Å²) in [6.45, 7) is 4.95. The van der Waals surface area contributed by atoms with Crippen LogP contribution in [0.15, 0.2) is 36.4 Å². The lowest BCUT2D eigenvalue weighted by Gasteiger charge is -2.35. The average Bonchev–Trinajstić information content (AvgIpc) is 2.66. The van der Waals surface area contributed by atoms with E-state index in [0.717, 1.165) is 23.2 Å². The number of carbonyl (C=O) groups is 3. The minimum atomic E-state index is -0.962. The third-order valence-corrected chi connectivity index (χ3v) is 4.12. The van der Waals surface area contributed by atoms with Crippen LogP contribution >= 0.6 is 11.6 Å². The summed E-state index contributed by atoms with van der Waals surface area (Å²) in [6, 6.07) is 5.70. The fourth-order valence-corrected chi connectivity index (χ4v) is 2.72. The van der Waals surface area contributed by atoms with E-state index in [-0.39, 0.29) is 16.1 Å². The van der Waals surface area contributed by atoms with E-state index in [1.807, 2.05) is 0 Å². The summed E-state index contributed by atoms with van der Waals surface area (Å²) in [7, 11) is 1.43. The highest BCUT2D eigenvalue weighted by Crippen LogP contribution is 2.21. The molecule has 30 heavy (non-hydrogen) atoms. The highest BCUT2D eigenvalue weighted by molar-refractivity contribution is 6.31. The molecule has 0 fully saturated rings. The fourth-order valence-electron chi connectivity index (χ4n) is 2.49. The second kappa shape index (κ2) is 9.08. The van der Waals surface area contributed by atoms with Gasteiger partial charge in [0, 0.05) is 29.3 Å². The number of benzene rings is 2. The van der Waals surface area contributed by atoms with Crippen LogP contribution in [0.2, 0.25) is 5.02 Å². The van der Waals surface area contributed by atoms with Gasteiger partial charge in [-0.15, -0.1) is 0 Å². The summed E-state index contributed by atoms with van der Waals surface area (Å²) in [6.07, 6.45) is 0. The Morgan fingerprint density at radius 1 is 1.00 bits per heavy atom. The Kier molecular flexibility index (Phi) is 6.99. The van der Waals surface area contributed by atoms with Crippen molar-refractivity contribution in [2.75, 3.05) is 12.4 Å². The molecule has 7 nitrogen and oxygen atoms in total. The van der Waals surface area contributed by atoms with Gasteiger partial charge in [-0.2, -0.15) is 0 Å². The molecule has 4 amide bonds. The molecule has 0 unspecified atom stereocenters. The van der Waals surface area contributed by atoms with Crippen molar-refractivity contribution in [3.8, 4) is 0 Å². The zero-order valence-corrected chi connectivity index (χ0v) is 17.5. The van der Waals surface area contributed by atoms with E-state index >= 15 is 0 Å². The quantitative estimate of drug-likeness (QED) is 0.633. The van der Waals surface area contributed by atoms with E-state index < -0.39 is 40.7 Å². The first-order valence-electron chi connectivity index (χ1n) is 8.82. The maximum atomic E-state index is 13.8. The molecule has 2 aromatic rings. The Morgan fingerprint density at radius 2 is 1.63 bits per heavy atom. The van der Waals surface area contributed by atoms with Gasteiger partial charge in [0.15, 0.2) is 0 Å². The molecule has 160 valence electrons.